The highest BCUT2D eigenvalue weighted by Gasteiger charge is 2.19. The van der Waals surface area contributed by atoms with Crippen LogP contribution < -0.4 is 20.1 Å². The third kappa shape index (κ3) is 3.95. The van der Waals surface area contributed by atoms with Gasteiger partial charge >= 0.3 is 0 Å². The van der Waals surface area contributed by atoms with E-state index in [9.17, 15) is 9.18 Å². The highest BCUT2D eigenvalue weighted by molar-refractivity contribution is 7.07. The average Bonchev–Trinajstić information content (AvgIpc) is 3.17. The van der Waals surface area contributed by atoms with Crippen LogP contribution in [0.15, 0.2) is 71.8 Å². The van der Waals surface area contributed by atoms with Crippen LogP contribution in [0.5, 0.6) is 0 Å². The maximum atomic E-state index is 13.2. The Morgan fingerprint density at radius 1 is 1.31 bits per heavy atom. The van der Waals surface area contributed by atoms with Crippen LogP contribution in [0, 0.1) is 5.82 Å². The van der Waals surface area contributed by atoms with Gasteiger partial charge in [-0.05, 0) is 48.4 Å². The van der Waals surface area contributed by atoms with Gasteiger partial charge in [0.25, 0.3) is 0 Å². The zero-order valence-electron chi connectivity index (χ0n) is 15.5. The lowest BCUT2D eigenvalue weighted by molar-refractivity contribution is -0.107. The van der Waals surface area contributed by atoms with Crippen LogP contribution in [0.2, 0.25) is 0 Å². The molecule has 7 heteroatoms. The fourth-order valence-electron chi connectivity index (χ4n) is 3.27. The average molecular weight is 406 g/mol. The van der Waals surface area contributed by atoms with Crippen LogP contribution >= 0.6 is 11.3 Å². The number of aromatic nitrogens is 1. The van der Waals surface area contributed by atoms with Crippen LogP contribution in [0.4, 0.5) is 15.8 Å². The Morgan fingerprint density at radius 2 is 2.14 bits per heavy atom. The van der Waals surface area contributed by atoms with Crippen LogP contribution in [0.25, 0.3) is 6.08 Å². The van der Waals surface area contributed by atoms with Gasteiger partial charge in [0, 0.05) is 28.7 Å². The molecule has 0 aliphatic carbocycles. The van der Waals surface area contributed by atoms with Crippen molar-refractivity contribution in [2.45, 2.75) is 18.6 Å². The van der Waals surface area contributed by atoms with Crippen molar-refractivity contribution in [3.05, 3.63) is 88.1 Å². The molecule has 5 nitrogen and oxygen atoms in total. The van der Waals surface area contributed by atoms with E-state index in [1.807, 2.05) is 23.7 Å². The number of halogens is 1. The number of fused-ring (bicyclic) bond motifs is 1. The number of anilines is 2. The summed E-state index contributed by atoms with van der Waals surface area (Å²) in [5.41, 5.74) is 2.55. The van der Waals surface area contributed by atoms with E-state index in [0.29, 0.717) is 12.1 Å². The smallest absolute Gasteiger partial charge is 0.216 e. The molecule has 0 saturated heterocycles. The van der Waals surface area contributed by atoms with E-state index in [0.717, 1.165) is 27.6 Å². The van der Waals surface area contributed by atoms with Crippen LogP contribution in [-0.2, 0) is 4.79 Å². The molecule has 1 N–H and O–H groups in total. The molecule has 0 spiro atoms. The Kier molecular flexibility index (Phi) is 5.48. The molecular weight excluding hydrogens is 387 g/mol. The molecule has 2 unspecified atom stereocenters. The molecule has 146 valence electrons. The van der Waals surface area contributed by atoms with Crippen molar-refractivity contribution in [3.8, 4) is 0 Å². The topological polar surface area (TPSA) is 57.6 Å². The minimum atomic E-state index is -0.485. The molecule has 0 fully saturated rings. The van der Waals surface area contributed by atoms with Crippen molar-refractivity contribution in [1.82, 2.24) is 4.98 Å². The van der Waals surface area contributed by atoms with E-state index >= 15 is 0 Å². The van der Waals surface area contributed by atoms with Gasteiger partial charge in [-0.3, -0.25) is 19.7 Å². The summed E-state index contributed by atoms with van der Waals surface area (Å²) in [6, 6.07) is 9.78. The zero-order valence-corrected chi connectivity index (χ0v) is 16.3. The van der Waals surface area contributed by atoms with Crippen molar-refractivity contribution in [2.24, 2.45) is 4.99 Å². The monoisotopic (exact) mass is 406 g/mol. The largest absolute Gasteiger partial charge is 0.360 e. The lowest BCUT2D eigenvalue weighted by Crippen LogP contribution is -2.40. The Bertz CT molecular complexity index is 1130. The lowest BCUT2D eigenvalue weighted by Gasteiger charge is -2.27. The highest BCUT2D eigenvalue weighted by Crippen LogP contribution is 2.23. The van der Waals surface area contributed by atoms with E-state index in [1.54, 1.807) is 35.7 Å². The molecule has 2 aromatic heterocycles. The number of nitrogens with one attached hydrogen (secondary N) is 1. The van der Waals surface area contributed by atoms with Crippen molar-refractivity contribution >= 4 is 35.2 Å². The van der Waals surface area contributed by atoms with E-state index in [2.05, 4.69) is 23.0 Å². The molecule has 2 atom stereocenters. The number of carbonyl (C=O) groups excluding carboxylic acids is 1. The van der Waals surface area contributed by atoms with Crippen molar-refractivity contribution in [2.75, 3.05) is 10.2 Å². The van der Waals surface area contributed by atoms with Gasteiger partial charge in [-0.1, -0.05) is 18.7 Å². The quantitative estimate of drug-likeness (QED) is 0.372. The van der Waals surface area contributed by atoms with E-state index in [-0.39, 0.29) is 11.9 Å². The molecule has 1 aromatic carbocycles. The summed E-state index contributed by atoms with van der Waals surface area (Å²) in [4.78, 5) is 22.2. The van der Waals surface area contributed by atoms with E-state index in [1.165, 1.54) is 17.0 Å². The third-order valence-corrected chi connectivity index (χ3v) is 5.66. The molecule has 29 heavy (non-hydrogen) atoms. The van der Waals surface area contributed by atoms with Crippen molar-refractivity contribution < 1.29 is 9.18 Å². The van der Waals surface area contributed by atoms with Crippen molar-refractivity contribution in [3.63, 3.8) is 0 Å². The van der Waals surface area contributed by atoms with Crippen LogP contribution in [0.1, 0.15) is 18.0 Å². The summed E-state index contributed by atoms with van der Waals surface area (Å²) in [7, 11) is 0. The summed E-state index contributed by atoms with van der Waals surface area (Å²) in [5, 5.41) is 6.35. The second-order valence-corrected chi connectivity index (χ2v) is 7.41. The van der Waals surface area contributed by atoms with Crippen LogP contribution in [0.3, 0.4) is 0 Å². The molecule has 1 aliphatic heterocycles. The maximum Gasteiger partial charge on any atom is 0.216 e. The van der Waals surface area contributed by atoms with Gasteiger partial charge < -0.3 is 5.32 Å². The Labute approximate surface area is 171 Å². The molecule has 0 saturated carbocycles. The lowest BCUT2D eigenvalue weighted by atomic mass is 10.0. The first-order valence-corrected chi connectivity index (χ1v) is 10.0. The number of thiophene rings is 1. The Hall–Kier alpha value is -3.32. The molecule has 3 aromatic rings. The van der Waals surface area contributed by atoms with Gasteiger partial charge in [0.05, 0.1) is 11.7 Å². The first-order chi connectivity index (χ1) is 14.2. The van der Waals surface area contributed by atoms with E-state index < -0.39 is 6.17 Å². The van der Waals surface area contributed by atoms with Gasteiger partial charge in [0.15, 0.2) is 0 Å². The predicted molar refractivity (Wildman–Crippen MR) is 114 cm³/mol. The normalized spacial score (nSPS) is 16.0. The standard InChI is InChI=1S/C22H19FN4OS/c1-2-21(27(14-28)17-7-5-16(23)6-8-17)25-20-13-29-22-18(20)9-10-19(26-22)15-4-3-11-24-12-15/h2-9,11-14,19,21,25H,1,10H2. The summed E-state index contributed by atoms with van der Waals surface area (Å²) in [6.45, 7) is 3.84. The van der Waals surface area contributed by atoms with Gasteiger partial charge in [-0.25, -0.2) is 4.39 Å². The Morgan fingerprint density at radius 3 is 2.83 bits per heavy atom. The molecule has 0 radical (unpaired) electrons. The minimum absolute atomic E-state index is 0.0589. The summed E-state index contributed by atoms with van der Waals surface area (Å²) in [6.07, 6.45) is 8.39. The second kappa shape index (κ2) is 8.36. The predicted octanol–water partition coefficient (Wildman–Crippen LogP) is 3.41. The number of hydrogen-bond acceptors (Lipinski definition) is 5. The number of nitrogens with zero attached hydrogens (tertiary/aromatic N) is 3. The first kappa shape index (κ1) is 19.0. The molecular formula is C22H19FN4OS. The maximum absolute atomic E-state index is 13.2. The minimum Gasteiger partial charge on any atom is -0.360 e. The number of rotatable bonds is 7. The molecule has 1 amide bonds. The number of benzene rings is 1. The van der Waals surface area contributed by atoms with Crippen LogP contribution in [-0.4, -0.2) is 17.6 Å². The number of hydrogen-bond donors (Lipinski definition) is 1. The fraction of sp³-hybridized carbons (Fsp3) is 0.136. The molecule has 3 heterocycles. The second-order valence-electron chi connectivity index (χ2n) is 6.55. The number of carbonyl (C=O) groups is 1. The number of amides is 1. The molecule has 1 aliphatic rings. The third-order valence-electron chi connectivity index (χ3n) is 4.76. The molecule has 0 bridgehead atoms. The van der Waals surface area contributed by atoms with Gasteiger partial charge in [-0.15, -0.1) is 11.3 Å². The summed E-state index contributed by atoms with van der Waals surface area (Å²) >= 11 is 1.55. The number of pyridine rings is 1. The van der Waals surface area contributed by atoms with Gasteiger partial charge in [-0.2, -0.15) is 0 Å². The highest BCUT2D eigenvalue weighted by atomic mass is 32.1. The SMILES string of the molecule is C=CC(Nc1csc2c1=CCC(c1cccnc1)N=2)N(C=O)c1ccc(F)cc1. The Balaban J connectivity index is 1.60. The molecule has 4 rings (SSSR count). The zero-order chi connectivity index (χ0) is 20.2. The first-order valence-electron chi connectivity index (χ1n) is 9.13. The fourth-order valence-corrected chi connectivity index (χ4v) is 4.21. The van der Waals surface area contributed by atoms with Crippen molar-refractivity contribution in [1.29, 1.82) is 0 Å². The van der Waals surface area contributed by atoms with Gasteiger partial charge in [0.2, 0.25) is 6.41 Å². The summed E-state index contributed by atoms with van der Waals surface area (Å²) in [5.74, 6) is -0.353. The van der Waals surface area contributed by atoms with E-state index in [4.69, 9.17) is 4.99 Å². The van der Waals surface area contributed by atoms with Gasteiger partial charge in [0.1, 0.15) is 16.7 Å². The summed E-state index contributed by atoms with van der Waals surface area (Å²) < 4.78 is 14.2.